The van der Waals surface area contributed by atoms with E-state index in [1.54, 1.807) is 0 Å². The molecule has 0 radical (unpaired) electrons. The number of hydrogen-bond donors (Lipinski definition) is 1. The number of nitrogens with zero attached hydrogens (tertiary/aromatic N) is 2. The van der Waals surface area contributed by atoms with Crippen LogP contribution in [0, 0.1) is 16.2 Å². The van der Waals surface area contributed by atoms with Gasteiger partial charge in [-0.05, 0) is 69.8 Å². The summed E-state index contributed by atoms with van der Waals surface area (Å²) in [6.45, 7) is 16.3. The monoisotopic (exact) mass is 422 g/mol. The van der Waals surface area contributed by atoms with Crippen molar-refractivity contribution in [2.75, 3.05) is 0 Å². The van der Waals surface area contributed by atoms with Crippen molar-refractivity contribution in [3.8, 4) is 0 Å². The third kappa shape index (κ3) is 3.85. The van der Waals surface area contributed by atoms with Crippen LogP contribution in [0.3, 0.4) is 0 Å². The average Bonchev–Trinajstić information content (AvgIpc) is 3.11. The summed E-state index contributed by atoms with van der Waals surface area (Å²) in [5, 5.41) is 9.99. The molecule has 0 spiro atoms. The van der Waals surface area contributed by atoms with Gasteiger partial charge in [0.05, 0.1) is 10.8 Å². The van der Waals surface area contributed by atoms with E-state index < -0.39 is 22.2 Å². The zero-order chi connectivity index (χ0) is 22.3. The van der Waals surface area contributed by atoms with E-state index in [1.807, 2.05) is 27.7 Å². The molecule has 1 aromatic heterocycles. The minimum Gasteiger partial charge on any atom is -0.481 e. The Kier molecular flexibility index (Phi) is 6.59. The largest absolute Gasteiger partial charge is 0.481 e. The Balaban J connectivity index is 2.54. The highest BCUT2D eigenvalue weighted by Gasteiger charge is 2.66. The predicted molar refractivity (Wildman–Crippen MR) is 118 cm³/mol. The quantitative estimate of drug-likeness (QED) is 0.669. The van der Waals surface area contributed by atoms with Gasteiger partial charge in [-0.25, -0.2) is 4.99 Å². The number of hydrogen-bond acceptors (Lipinski definition) is 3. The number of amides is 1. The van der Waals surface area contributed by atoms with E-state index in [-0.39, 0.29) is 11.4 Å². The second kappa shape index (κ2) is 8.01. The molecule has 2 atom stereocenters. The van der Waals surface area contributed by atoms with E-state index >= 15 is 0 Å². The third-order valence-electron chi connectivity index (χ3n) is 7.51. The van der Waals surface area contributed by atoms with Crippen LogP contribution in [0.1, 0.15) is 93.1 Å². The van der Waals surface area contributed by atoms with Gasteiger partial charge in [-0.3, -0.25) is 13.5 Å². The molecule has 5 nitrogen and oxygen atoms in total. The maximum absolute atomic E-state index is 13.5. The molecule has 164 valence electrons. The highest BCUT2D eigenvalue weighted by atomic mass is 32.1. The molecule has 1 amide bonds. The van der Waals surface area contributed by atoms with Crippen LogP contribution < -0.4 is 4.67 Å². The molecule has 1 aliphatic rings. The van der Waals surface area contributed by atoms with Crippen LogP contribution in [0.5, 0.6) is 0 Å². The highest BCUT2D eigenvalue weighted by molar-refractivity contribution is 7.04. The van der Waals surface area contributed by atoms with Crippen molar-refractivity contribution in [3.05, 3.63) is 16.4 Å². The number of carbonyl (C=O) groups is 2. The van der Waals surface area contributed by atoms with E-state index in [0.717, 1.165) is 29.5 Å². The lowest BCUT2D eigenvalue weighted by Gasteiger charge is -2.44. The van der Waals surface area contributed by atoms with Gasteiger partial charge in [-0.15, -0.1) is 0 Å². The van der Waals surface area contributed by atoms with Crippen molar-refractivity contribution in [2.24, 2.45) is 21.2 Å². The van der Waals surface area contributed by atoms with Crippen LogP contribution in [0.25, 0.3) is 0 Å². The first-order valence-electron chi connectivity index (χ1n) is 10.8. The fraction of sp³-hybridized carbons (Fsp3) is 0.783. The first kappa shape index (κ1) is 23.8. The van der Waals surface area contributed by atoms with Gasteiger partial charge in [0.1, 0.15) is 4.67 Å². The Bertz CT molecular complexity index is 843. The second-order valence-corrected chi connectivity index (χ2v) is 11.2. The SMILES string of the molecule is CCCCc1cn(C(C)(C)C)sc1=NC(=O)[C@@]1(C)CC[C@@](CC)(C(=O)O)C1(C)C. The summed E-state index contributed by atoms with van der Waals surface area (Å²) in [7, 11) is 0. The molecule has 2 rings (SSSR count). The molecule has 0 aromatic carbocycles. The fourth-order valence-corrected chi connectivity index (χ4v) is 5.72. The second-order valence-electron chi connectivity index (χ2n) is 10.3. The molecular weight excluding hydrogens is 384 g/mol. The number of aryl methyl sites for hydroxylation is 1. The summed E-state index contributed by atoms with van der Waals surface area (Å²) in [6.07, 6.45) is 6.75. The predicted octanol–water partition coefficient (Wildman–Crippen LogP) is 5.38. The number of carboxylic acids is 1. The number of carbonyl (C=O) groups excluding carboxylic acids is 1. The van der Waals surface area contributed by atoms with Crippen molar-refractivity contribution >= 4 is 23.4 Å². The molecule has 1 aromatic rings. The molecule has 29 heavy (non-hydrogen) atoms. The van der Waals surface area contributed by atoms with Gasteiger partial charge in [-0.2, -0.15) is 0 Å². The van der Waals surface area contributed by atoms with Gasteiger partial charge < -0.3 is 5.11 Å². The molecular formula is C23H38N2O3S. The third-order valence-corrected chi connectivity index (χ3v) is 8.89. The Labute approximate surface area is 179 Å². The standard InChI is InChI=1S/C23H38N2O3S/c1-9-11-12-16-15-25(20(3,4)5)29-17(16)24-18(26)22(8)13-14-23(10-2,19(27)28)21(22,6)7/h15H,9-14H2,1-8H3,(H,27,28)/t22-,23+/m1/s1. The minimum atomic E-state index is -0.890. The molecule has 1 saturated carbocycles. The molecule has 0 aliphatic heterocycles. The zero-order valence-electron chi connectivity index (χ0n) is 19.4. The van der Waals surface area contributed by atoms with E-state index in [2.05, 4.69) is 42.8 Å². The summed E-state index contributed by atoms with van der Waals surface area (Å²) < 4.78 is 2.94. The highest BCUT2D eigenvalue weighted by Crippen LogP contribution is 2.64. The Morgan fingerprint density at radius 3 is 2.28 bits per heavy atom. The number of rotatable bonds is 6. The van der Waals surface area contributed by atoms with E-state index in [4.69, 9.17) is 0 Å². The maximum atomic E-state index is 13.5. The number of aromatic nitrogens is 1. The summed E-state index contributed by atoms with van der Waals surface area (Å²) >= 11 is 1.53. The van der Waals surface area contributed by atoms with Gasteiger partial charge in [-0.1, -0.05) is 41.0 Å². The molecule has 1 heterocycles. The Morgan fingerprint density at radius 1 is 1.21 bits per heavy atom. The summed E-state index contributed by atoms with van der Waals surface area (Å²) in [4.78, 5) is 30.3. The van der Waals surface area contributed by atoms with E-state index in [9.17, 15) is 14.7 Å². The summed E-state index contributed by atoms with van der Waals surface area (Å²) in [6, 6.07) is 0. The molecule has 0 bridgehead atoms. The first-order valence-corrected chi connectivity index (χ1v) is 11.6. The van der Waals surface area contributed by atoms with Crippen molar-refractivity contribution in [3.63, 3.8) is 0 Å². The van der Waals surface area contributed by atoms with Crippen LogP contribution in [-0.2, 0) is 21.5 Å². The molecule has 1 aliphatic carbocycles. The lowest BCUT2D eigenvalue weighted by molar-refractivity contribution is -0.160. The minimum absolute atomic E-state index is 0.0698. The molecule has 6 heteroatoms. The molecule has 0 unspecified atom stereocenters. The van der Waals surface area contributed by atoms with Gasteiger partial charge in [0, 0.05) is 17.3 Å². The van der Waals surface area contributed by atoms with Crippen molar-refractivity contribution in [1.29, 1.82) is 0 Å². The van der Waals surface area contributed by atoms with Gasteiger partial charge in [0.25, 0.3) is 5.91 Å². The summed E-state index contributed by atoms with van der Waals surface area (Å²) in [5.41, 5.74) is -1.32. The Morgan fingerprint density at radius 2 is 1.83 bits per heavy atom. The lowest BCUT2D eigenvalue weighted by Crippen LogP contribution is -2.49. The Hall–Kier alpha value is -1.43. The number of carboxylic acid groups (broad SMARTS) is 1. The topological polar surface area (TPSA) is 71.7 Å². The van der Waals surface area contributed by atoms with Crippen molar-refractivity contribution in [1.82, 2.24) is 3.96 Å². The van der Waals surface area contributed by atoms with Gasteiger partial charge in [0.2, 0.25) is 0 Å². The first-order chi connectivity index (χ1) is 13.3. The smallest absolute Gasteiger partial charge is 0.310 e. The molecule has 1 fully saturated rings. The zero-order valence-corrected chi connectivity index (χ0v) is 20.2. The lowest BCUT2D eigenvalue weighted by atomic mass is 9.57. The number of aliphatic carboxylic acids is 1. The van der Waals surface area contributed by atoms with Crippen LogP contribution in [0.4, 0.5) is 0 Å². The van der Waals surface area contributed by atoms with Gasteiger partial charge >= 0.3 is 5.97 Å². The van der Waals surface area contributed by atoms with Crippen LogP contribution >= 0.6 is 11.5 Å². The average molecular weight is 423 g/mol. The molecule has 1 N–H and O–H groups in total. The maximum Gasteiger partial charge on any atom is 0.310 e. The fourth-order valence-electron chi connectivity index (χ4n) is 4.69. The molecule has 0 saturated heterocycles. The number of unbranched alkanes of at least 4 members (excludes halogenated alkanes) is 1. The van der Waals surface area contributed by atoms with Crippen LogP contribution in [0.2, 0.25) is 0 Å². The summed E-state index contributed by atoms with van der Waals surface area (Å²) in [5.74, 6) is -0.980. The normalized spacial score (nSPS) is 27.4. The van der Waals surface area contributed by atoms with E-state index in [0.29, 0.717) is 19.3 Å². The van der Waals surface area contributed by atoms with Crippen molar-refractivity contribution < 1.29 is 14.7 Å². The van der Waals surface area contributed by atoms with Crippen molar-refractivity contribution in [2.45, 2.75) is 99.5 Å². The van der Waals surface area contributed by atoms with Crippen LogP contribution in [0.15, 0.2) is 11.2 Å². The van der Waals surface area contributed by atoms with E-state index in [1.165, 1.54) is 11.5 Å². The van der Waals surface area contributed by atoms with Gasteiger partial charge in [0.15, 0.2) is 0 Å². The van der Waals surface area contributed by atoms with Crippen LogP contribution in [-0.4, -0.2) is 20.9 Å².